The summed E-state index contributed by atoms with van der Waals surface area (Å²) in [5.74, 6) is -0.315. The first-order valence-corrected chi connectivity index (χ1v) is 7.82. The third-order valence-electron chi connectivity index (χ3n) is 4.73. The minimum absolute atomic E-state index is 0.348. The fourth-order valence-electron chi connectivity index (χ4n) is 3.23. The summed E-state index contributed by atoms with van der Waals surface area (Å²) in [7, 11) is 2.97. The Kier molecular flexibility index (Phi) is 5.46. The SMILES string of the molecule is CCC1(C(=O)O)CCCN(Cc2cc(OC)c(OC)cc2F)C1. The van der Waals surface area contributed by atoms with E-state index in [-0.39, 0.29) is 5.82 Å². The van der Waals surface area contributed by atoms with E-state index in [1.165, 1.54) is 20.3 Å². The summed E-state index contributed by atoms with van der Waals surface area (Å²) in [6.45, 7) is 3.46. The lowest BCUT2D eigenvalue weighted by Crippen LogP contribution is -2.47. The van der Waals surface area contributed by atoms with Crippen LogP contribution in [0.1, 0.15) is 31.7 Å². The summed E-state index contributed by atoms with van der Waals surface area (Å²) in [5.41, 5.74) is -0.245. The van der Waals surface area contributed by atoms with Crippen molar-refractivity contribution < 1.29 is 23.8 Å². The van der Waals surface area contributed by atoms with Crippen LogP contribution in [0, 0.1) is 11.2 Å². The van der Waals surface area contributed by atoms with Crippen molar-refractivity contribution in [2.45, 2.75) is 32.7 Å². The highest BCUT2D eigenvalue weighted by Crippen LogP contribution is 2.35. The van der Waals surface area contributed by atoms with Gasteiger partial charge in [0.05, 0.1) is 19.6 Å². The molecule has 1 fully saturated rings. The number of halogens is 1. The van der Waals surface area contributed by atoms with Gasteiger partial charge in [-0.25, -0.2) is 4.39 Å². The van der Waals surface area contributed by atoms with Crippen molar-refractivity contribution in [2.75, 3.05) is 27.3 Å². The number of rotatable bonds is 6. The van der Waals surface area contributed by atoms with E-state index in [0.717, 1.165) is 13.0 Å². The zero-order valence-electron chi connectivity index (χ0n) is 13.9. The number of hydrogen-bond acceptors (Lipinski definition) is 4. The number of carbonyl (C=O) groups is 1. The second kappa shape index (κ2) is 7.17. The van der Waals surface area contributed by atoms with Gasteiger partial charge in [-0.05, 0) is 31.9 Å². The largest absolute Gasteiger partial charge is 0.493 e. The van der Waals surface area contributed by atoms with E-state index in [9.17, 15) is 14.3 Å². The first-order chi connectivity index (χ1) is 11.0. The summed E-state index contributed by atoms with van der Waals surface area (Å²) in [5, 5.41) is 9.54. The average Bonchev–Trinajstić information content (AvgIpc) is 2.56. The maximum atomic E-state index is 14.3. The predicted molar refractivity (Wildman–Crippen MR) is 84.4 cm³/mol. The number of methoxy groups -OCH3 is 2. The summed E-state index contributed by atoms with van der Waals surface area (Å²) in [6.07, 6.45) is 2.05. The highest BCUT2D eigenvalue weighted by Gasteiger charge is 2.40. The normalized spacial score (nSPS) is 21.9. The van der Waals surface area contributed by atoms with Crippen molar-refractivity contribution >= 4 is 5.97 Å². The Labute approximate surface area is 136 Å². The molecule has 0 aliphatic carbocycles. The van der Waals surface area contributed by atoms with Crippen LogP contribution in [0.25, 0.3) is 0 Å². The van der Waals surface area contributed by atoms with Gasteiger partial charge < -0.3 is 14.6 Å². The van der Waals surface area contributed by atoms with Crippen LogP contribution in [0.4, 0.5) is 4.39 Å². The van der Waals surface area contributed by atoms with E-state index < -0.39 is 11.4 Å². The van der Waals surface area contributed by atoms with E-state index >= 15 is 0 Å². The van der Waals surface area contributed by atoms with Crippen LogP contribution < -0.4 is 9.47 Å². The van der Waals surface area contributed by atoms with E-state index in [1.807, 2.05) is 11.8 Å². The number of carboxylic acid groups (broad SMARTS) is 1. The van der Waals surface area contributed by atoms with Crippen LogP contribution in [0.15, 0.2) is 12.1 Å². The predicted octanol–water partition coefficient (Wildman–Crippen LogP) is 2.92. The van der Waals surface area contributed by atoms with Crippen molar-refractivity contribution in [3.05, 3.63) is 23.5 Å². The molecule has 1 unspecified atom stereocenters. The van der Waals surface area contributed by atoms with Gasteiger partial charge in [0.1, 0.15) is 5.82 Å². The second-order valence-electron chi connectivity index (χ2n) is 6.05. The molecule has 1 aromatic carbocycles. The molecule has 0 amide bonds. The third-order valence-corrected chi connectivity index (χ3v) is 4.73. The van der Waals surface area contributed by atoms with Gasteiger partial charge in [-0.2, -0.15) is 0 Å². The van der Waals surface area contributed by atoms with E-state index in [1.54, 1.807) is 6.07 Å². The molecule has 0 radical (unpaired) electrons. The molecule has 1 atom stereocenters. The average molecular weight is 325 g/mol. The molecule has 1 aliphatic heterocycles. The van der Waals surface area contributed by atoms with Crippen LogP contribution in [-0.4, -0.2) is 43.3 Å². The van der Waals surface area contributed by atoms with E-state index in [2.05, 4.69) is 0 Å². The molecule has 1 aromatic rings. The van der Waals surface area contributed by atoms with Crippen molar-refractivity contribution in [3.63, 3.8) is 0 Å². The van der Waals surface area contributed by atoms with Crippen LogP contribution in [0.3, 0.4) is 0 Å². The van der Waals surface area contributed by atoms with E-state index in [4.69, 9.17) is 9.47 Å². The minimum atomic E-state index is -0.766. The number of piperidine rings is 1. The molecule has 6 heteroatoms. The van der Waals surface area contributed by atoms with Crippen LogP contribution in [-0.2, 0) is 11.3 Å². The van der Waals surface area contributed by atoms with Crippen LogP contribution >= 0.6 is 0 Å². The molecule has 0 aromatic heterocycles. The quantitative estimate of drug-likeness (QED) is 0.871. The number of ether oxygens (including phenoxy) is 2. The molecule has 128 valence electrons. The van der Waals surface area contributed by atoms with Gasteiger partial charge >= 0.3 is 5.97 Å². The Hall–Kier alpha value is -1.82. The lowest BCUT2D eigenvalue weighted by molar-refractivity contribution is -0.153. The molecule has 0 spiro atoms. The molecular formula is C17H24FNO4. The molecule has 1 N–H and O–H groups in total. The molecule has 0 bridgehead atoms. The summed E-state index contributed by atoms with van der Waals surface area (Å²) in [6, 6.07) is 2.93. The summed E-state index contributed by atoms with van der Waals surface area (Å²) < 4.78 is 24.6. The smallest absolute Gasteiger partial charge is 0.310 e. The highest BCUT2D eigenvalue weighted by molar-refractivity contribution is 5.75. The number of hydrogen-bond donors (Lipinski definition) is 1. The lowest BCUT2D eigenvalue weighted by Gasteiger charge is -2.39. The summed E-state index contributed by atoms with van der Waals surface area (Å²) in [4.78, 5) is 13.6. The monoisotopic (exact) mass is 325 g/mol. The zero-order chi connectivity index (χ0) is 17.0. The van der Waals surface area contributed by atoms with Crippen molar-refractivity contribution in [1.82, 2.24) is 4.90 Å². The van der Waals surface area contributed by atoms with Gasteiger partial charge in [0, 0.05) is 24.7 Å². The molecule has 23 heavy (non-hydrogen) atoms. The van der Waals surface area contributed by atoms with Crippen molar-refractivity contribution in [3.8, 4) is 11.5 Å². The first kappa shape index (κ1) is 17.5. The molecule has 1 saturated heterocycles. The van der Waals surface area contributed by atoms with Crippen molar-refractivity contribution in [1.29, 1.82) is 0 Å². The molecular weight excluding hydrogens is 301 g/mol. The molecule has 1 aliphatic rings. The number of likely N-dealkylation sites (tertiary alicyclic amines) is 1. The van der Waals surface area contributed by atoms with Gasteiger partial charge in [-0.1, -0.05) is 6.92 Å². The molecule has 5 nitrogen and oxygen atoms in total. The van der Waals surface area contributed by atoms with Crippen LogP contribution in [0.2, 0.25) is 0 Å². The Morgan fingerprint density at radius 2 is 2.00 bits per heavy atom. The number of nitrogens with zero attached hydrogens (tertiary/aromatic N) is 1. The topological polar surface area (TPSA) is 59.0 Å². The number of carboxylic acids is 1. The molecule has 2 rings (SSSR count). The Balaban J connectivity index is 2.20. The number of aliphatic carboxylic acids is 1. The van der Waals surface area contributed by atoms with Crippen LogP contribution in [0.5, 0.6) is 11.5 Å². The third kappa shape index (κ3) is 3.58. The van der Waals surface area contributed by atoms with Gasteiger partial charge in [0.15, 0.2) is 11.5 Å². The maximum absolute atomic E-state index is 14.3. The molecule has 1 heterocycles. The van der Waals surface area contributed by atoms with E-state index in [0.29, 0.717) is 43.0 Å². The zero-order valence-corrected chi connectivity index (χ0v) is 13.9. The minimum Gasteiger partial charge on any atom is -0.493 e. The standard InChI is InChI=1S/C17H24FNO4/c1-4-17(16(20)21)6-5-7-19(11-17)10-12-8-14(22-2)15(23-3)9-13(12)18/h8-9H,4-7,10-11H2,1-3H3,(H,20,21). The Morgan fingerprint density at radius 1 is 1.35 bits per heavy atom. The van der Waals surface area contributed by atoms with Gasteiger partial charge in [-0.3, -0.25) is 9.69 Å². The fraction of sp³-hybridized carbons (Fsp3) is 0.588. The lowest BCUT2D eigenvalue weighted by atomic mass is 9.77. The maximum Gasteiger partial charge on any atom is 0.310 e. The second-order valence-corrected chi connectivity index (χ2v) is 6.05. The first-order valence-electron chi connectivity index (χ1n) is 7.82. The highest BCUT2D eigenvalue weighted by atomic mass is 19.1. The Morgan fingerprint density at radius 3 is 2.57 bits per heavy atom. The number of benzene rings is 1. The van der Waals surface area contributed by atoms with Gasteiger partial charge in [0.25, 0.3) is 0 Å². The van der Waals surface area contributed by atoms with Gasteiger partial charge in [0.2, 0.25) is 0 Å². The molecule has 0 saturated carbocycles. The summed E-state index contributed by atoms with van der Waals surface area (Å²) >= 11 is 0. The fourth-order valence-corrected chi connectivity index (χ4v) is 3.23. The van der Waals surface area contributed by atoms with Gasteiger partial charge in [-0.15, -0.1) is 0 Å². The van der Waals surface area contributed by atoms with Crippen molar-refractivity contribution in [2.24, 2.45) is 5.41 Å². The Bertz CT molecular complexity index is 578.